The molecule has 2 atom stereocenters. The molecule has 2 unspecified atom stereocenters. The van der Waals surface area contributed by atoms with Gasteiger partial charge in [-0.05, 0) is 49.2 Å². The molecule has 2 heterocycles. The molecule has 138 valence electrons. The molecule has 1 aromatic carbocycles. The van der Waals surface area contributed by atoms with E-state index in [-0.39, 0.29) is 6.04 Å². The fraction of sp³-hybridized carbons (Fsp3) is 0.400. The summed E-state index contributed by atoms with van der Waals surface area (Å²) in [6.07, 6.45) is 3.84. The third-order valence-electron chi connectivity index (χ3n) is 4.70. The molecule has 6 heteroatoms. The molecule has 2 aromatic rings. The van der Waals surface area contributed by atoms with Crippen LogP contribution in [0.5, 0.6) is 5.75 Å². The molecule has 0 radical (unpaired) electrons. The fourth-order valence-electron chi connectivity index (χ4n) is 3.28. The highest BCUT2D eigenvalue weighted by molar-refractivity contribution is 5.65. The Morgan fingerprint density at radius 1 is 1.38 bits per heavy atom. The van der Waals surface area contributed by atoms with Crippen molar-refractivity contribution in [1.29, 1.82) is 0 Å². The van der Waals surface area contributed by atoms with Crippen molar-refractivity contribution in [2.24, 2.45) is 5.92 Å². The zero-order chi connectivity index (χ0) is 18.4. The van der Waals surface area contributed by atoms with Gasteiger partial charge < -0.3 is 15.2 Å². The first-order valence-electron chi connectivity index (χ1n) is 8.93. The number of hydrogen-bond acceptors (Lipinski definition) is 4. The van der Waals surface area contributed by atoms with Crippen LogP contribution in [0.4, 0.5) is 4.79 Å². The summed E-state index contributed by atoms with van der Waals surface area (Å²) in [5, 5.41) is 11.2. The highest BCUT2D eigenvalue weighted by Crippen LogP contribution is 2.22. The Labute approximate surface area is 153 Å². The number of nitrogens with one attached hydrogen (secondary N) is 1. The van der Waals surface area contributed by atoms with Crippen LogP contribution in [-0.2, 0) is 6.54 Å². The lowest BCUT2D eigenvalue weighted by molar-refractivity contribution is 0.191. The van der Waals surface area contributed by atoms with Crippen LogP contribution in [0, 0.1) is 5.92 Å². The summed E-state index contributed by atoms with van der Waals surface area (Å²) in [6, 6.07) is 11.5. The second-order valence-electron chi connectivity index (χ2n) is 6.80. The smallest absolute Gasteiger partial charge is 0.405 e. The minimum absolute atomic E-state index is 0.239. The van der Waals surface area contributed by atoms with E-state index in [0.29, 0.717) is 12.5 Å². The van der Waals surface area contributed by atoms with E-state index in [0.717, 1.165) is 37.4 Å². The molecule has 1 aromatic heterocycles. The van der Waals surface area contributed by atoms with Crippen molar-refractivity contribution < 1.29 is 14.6 Å². The lowest BCUT2D eigenvalue weighted by Gasteiger charge is -2.16. The Balaban J connectivity index is 1.44. The Kier molecular flexibility index (Phi) is 6.07. The van der Waals surface area contributed by atoms with Crippen LogP contribution in [-0.4, -0.2) is 40.8 Å². The summed E-state index contributed by atoms with van der Waals surface area (Å²) in [6.45, 7) is 5.57. The first kappa shape index (κ1) is 18.2. The first-order valence-corrected chi connectivity index (χ1v) is 8.93. The predicted molar refractivity (Wildman–Crippen MR) is 99.1 cm³/mol. The fourth-order valence-corrected chi connectivity index (χ4v) is 3.28. The van der Waals surface area contributed by atoms with Crippen LogP contribution in [0.3, 0.4) is 0 Å². The molecular formula is C20H25N3O3. The van der Waals surface area contributed by atoms with E-state index < -0.39 is 6.09 Å². The Hall–Kier alpha value is -2.60. The van der Waals surface area contributed by atoms with Gasteiger partial charge in [0.2, 0.25) is 0 Å². The van der Waals surface area contributed by atoms with Crippen LogP contribution in [0.2, 0.25) is 0 Å². The molecule has 0 aliphatic carbocycles. The van der Waals surface area contributed by atoms with Gasteiger partial charge in [0.1, 0.15) is 5.75 Å². The molecule has 1 fully saturated rings. The molecule has 6 nitrogen and oxygen atoms in total. The summed E-state index contributed by atoms with van der Waals surface area (Å²) in [4.78, 5) is 17.3. The summed E-state index contributed by atoms with van der Waals surface area (Å²) >= 11 is 0. The molecule has 1 saturated heterocycles. The molecule has 1 amide bonds. The Bertz CT molecular complexity index is 706. The zero-order valence-electron chi connectivity index (χ0n) is 15.0. The maximum atomic E-state index is 10.7. The van der Waals surface area contributed by atoms with Crippen LogP contribution in [0.1, 0.15) is 30.5 Å². The number of hydrogen-bond donors (Lipinski definition) is 2. The second kappa shape index (κ2) is 8.67. The van der Waals surface area contributed by atoms with E-state index in [4.69, 9.17) is 9.84 Å². The average Bonchev–Trinajstić information content (AvgIpc) is 3.08. The van der Waals surface area contributed by atoms with Crippen molar-refractivity contribution in [2.75, 3.05) is 19.7 Å². The van der Waals surface area contributed by atoms with Crippen LogP contribution in [0.15, 0.2) is 48.8 Å². The second-order valence-corrected chi connectivity index (χ2v) is 6.80. The summed E-state index contributed by atoms with van der Waals surface area (Å²) in [5.41, 5.74) is 2.16. The lowest BCUT2D eigenvalue weighted by Crippen LogP contribution is -2.24. The topological polar surface area (TPSA) is 74.7 Å². The number of amides is 1. The highest BCUT2D eigenvalue weighted by atomic mass is 16.5. The Morgan fingerprint density at radius 2 is 2.19 bits per heavy atom. The van der Waals surface area contributed by atoms with E-state index >= 15 is 0 Å². The van der Waals surface area contributed by atoms with Crippen LogP contribution in [0.25, 0.3) is 0 Å². The van der Waals surface area contributed by atoms with Gasteiger partial charge in [0.15, 0.2) is 0 Å². The number of rotatable bonds is 7. The number of benzene rings is 1. The molecule has 1 aliphatic rings. The first-order chi connectivity index (χ1) is 12.6. The monoisotopic (exact) mass is 355 g/mol. The SMILES string of the molecule is CC(NC(=O)O)c1ccc(OCC2CCN(Cc3cccnc3)C2)cc1. The van der Waals surface area contributed by atoms with Gasteiger partial charge in [-0.1, -0.05) is 18.2 Å². The van der Waals surface area contributed by atoms with Crippen molar-refractivity contribution in [3.8, 4) is 5.75 Å². The number of ether oxygens (including phenoxy) is 1. The number of nitrogens with zero attached hydrogens (tertiary/aromatic N) is 2. The van der Waals surface area contributed by atoms with E-state index in [9.17, 15) is 4.79 Å². The summed E-state index contributed by atoms with van der Waals surface area (Å²) in [5.74, 6) is 1.35. The Morgan fingerprint density at radius 3 is 2.88 bits per heavy atom. The van der Waals surface area contributed by atoms with Gasteiger partial charge in [-0.3, -0.25) is 9.88 Å². The molecule has 0 spiro atoms. The predicted octanol–water partition coefficient (Wildman–Crippen LogP) is 3.31. The van der Waals surface area contributed by atoms with Crippen molar-refractivity contribution >= 4 is 6.09 Å². The van der Waals surface area contributed by atoms with Crippen molar-refractivity contribution in [3.05, 3.63) is 59.9 Å². The lowest BCUT2D eigenvalue weighted by atomic mass is 10.1. The third-order valence-corrected chi connectivity index (χ3v) is 4.70. The standard InChI is InChI=1S/C20H25N3O3/c1-15(22-20(24)25)18-4-6-19(7-5-18)26-14-17-8-10-23(13-17)12-16-3-2-9-21-11-16/h2-7,9,11,15,17,22H,8,10,12-14H2,1H3,(H,24,25). The van der Waals surface area contributed by atoms with Crippen LogP contribution >= 0.6 is 0 Å². The number of pyridine rings is 1. The highest BCUT2D eigenvalue weighted by Gasteiger charge is 2.23. The van der Waals surface area contributed by atoms with Crippen LogP contribution < -0.4 is 10.1 Å². The number of carbonyl (C=O) groups is 1. The molecule has 0 saturated carbocycles. The number of likely N-dealkylation sites (tertiary alicyclic amines) is 1. The summed E-state index contributed by atoms with van der Waals surface area (Å²) < 4.78 is 5.93. The van der Waals surface area contributed by atoms with Gasteiger partial charge in [-0.25, -0.2) is 4.79 Å². The maximum absolute atomic E-state index is 10.7. The number of aromatic nitrogens is 1. The normalized spacial score (nSPS) is 18.4. The molecule has 26 heavy (non-hydrogen) atoms. The zero-order valence-corrected chi connectivity index (χ0v) is 15.0. The van der Waals surface area contributed by atoms with E-state index in [2.05, 4.69) is 21.3 Å². The van der Waals surface area contributed by atoms with E-state index in [1.165, 1.54) is 5.56 Å². The quantitative estimate of drug-likeness (QED) is 0.797. The molecule has 0 bridgehead atoms. The van der Waals surface area contributed by atoms with E-state index in [1.807, 2.05) is 43.5 Å². The van der Waals surface area contributed by atoms with Gasteiger partial charge in [-0.2, -0.15) is 0 Å². The van der Waals surface area contributed by atoms with Crippen molar-refractivity contribution in [3.63, 3.8) is 0 Å². The van der Waals surface area contributed by atoms with Gasteiger partial charge >= 0.3 is 6.09 Å². The van der Waals surface area contributed by atoms with Crippen molar-refractivity contribution in [2.45, 2.75) is 25.9 Å². The molecular weight excluding hydrogens is 330 g/mol. The van der Waals surface area contributed by atoms with Gasteiger partial charge in [0.05, 0.1) is 12.6 Å². The molecule has 3 rings (SSSR count). The molecule has 1 aliphatic heterocycles. The maximum Gasteiger partial charge on any atom is 0.405 e. The minimum atomic E-state index is -1.02. The summed E-state index contributed by atoms with van der Waals surface area (Å²) in [7, 11) is 0. The van der Waals surface area contributed by atoms with Gasteiger partial charge in [-0.15, -0.1) is 0 Å². The molecule has 2 N–H and O–H groups in total. The van der Waals surface area contributed by atoms with Crippen molar-refractivity contribution in [1.82, 2.24) is 15.2 Å². The largest absolute Gasteiger partial charge is 0.493 e. The number of carboxylic acid groups (broad SMARTS) is 1. The van der Waals surface area contributed by atoms with E-state index in [1.54, 1.807) is 6.20 Å². The third kappa shape index (κ3) is 5.20. The minimum Gasteiger partial charge on any atom is -0.493 e. The average molecular weight is 355 g/mol. The van der Waals surface area contributed by atoms with Gasteiger partial charge in [0, 0.05) is 31.4 Å². The van der Waals surface area contributed by atoms with Gasteiger partial charge in [0.25, 0.3) is 0 Å².